The lowest BCUT2D eigenvalue weighted by Crippen LogP contribution is -2.37. The highest BCUT2D eigenvalue weighted by atomic mass is 16.5. The van der Waals surface area contributed by atoms with E-state index in [9.17, 15) is 19.5 Å². The molecule has 2 N–H and O–H groups in total. The first kappa shape index (κ1) is 21.3. The van der Waals surface area contributed by atoms with Crippen LogP contribution < -0.4 is 15.0 Å². The number of morpholine rings is 1. The Morgan fingerprint density at radius 3 is 2.43 bits per heavy atom. The molecule has 1 fully saturated rings. The van der Waals surface area contributed by atoms with Crippen molar-refractivity contribution in [2.75, 3.05) is 43.1 Å². The SMILES string of the molecule is CCOc1ccc(C(C)=O)cc1NC(=O)c1ccc(N2CCOCC2)c(C(=O)O)c1. The van der Waals surface area contributed by atoms with Gasteiger partial charge in [-0.2, -0.15) is 0 Å². The molecule has 8 nitrogen and oxygen atoms in total. The van der Waals surface area contributed by atoms with E-state index in [0.717, 1.165) is 0 Å². The fraction of sp³-hybridized carbons (Fsp3) is 0.318. The van der Waals surface area contributed by atoms with Crippen molar-refractivity contribution in [2.24, 2.45) is 0 Å². The molecule has 0 radical (unpaired) electrons. The van der Waals surface area contributed by atoms with Crippen LogP contribution >= 0.6 is 0 Å². The van der Waals surface area contributed by atoms with Gasteiger partial charge in [0.1, 0.15) is 5.75 Å². The van der Waals surface area contributed by atoms with Crippen molar-refractivity contribution in [2.45, 2.75) is 13.8 Å². The Bertz CT molecular complexity index is 966. The third kappa shape index (κ3) is 4.77. The zero-order chi connectivity index (χ0) is 21.7. The second-order valence-electron chi connectivity index (χ2n) is 6.79. The van der Waals surface area contributed by atoms with Gasteiger partial charge in [0.15, 0.2) is 5.78 Å². The highest BCUT2D eigenvalue weighted by molar-refractivity contribution is 6.08. The molecule has 2 aromatic rings. The monoisotopic (exact) mass is 412 g/mol. The minimum Gasteiger partial charge on any atom is -0.492 e. The zero-order valence-corrected chi connectivity index (χ0v) is 16.9. The highest BCUT2D eigenvalue weighted by Crippen LogP contribution is 2.28. The number of anilines is 2. The number of aromatic carboxylic acids is 1. The molecule has 1 saturated heterocycles. The summed E-state index contributed by atoms with van der Waals surface area (Å²) in [5.41, 5.74) is 1.58. The van der Waals surface area contributed by atoms with Gasteiger partial charge in [0, 0.05) is 24.2 Å². The Morgan fingerprint density at radius 1 is 1.10 bits per heavy atom. The first-order valence-electron chi connectivity index (χ1n) is 9.70. The van der Waals surface area contributed by atoms with Crippen molar-refractivity contribution < 1.29 is 29.0 Å². The van der Waals surface area contributed by atoms with E-state index in [1.54, 1.807) is 30.3 Å². The molecule has 158 valence electrons. The first-order chi connectivity index (χ1) is 14.4. The average molecular weight is 412 g/mol. The van der Waals surface area contributed by atoms with Gasteiger partial charge in [-0.25, -0.2) is 4.79 Å². The smallest absolute Gasteiger partial charge is 0.337 e. The van der Waals surface area contributed by atoms with Crippen molar-refractivity contribution in [3.63, 3.8) is 0 Å². The summed E-state index contributed by atoms with van der Waals surface area (Å²) in [5, 5.41) is 12.4. The molecule has 0 atom stereocenters. The summed E-state index contributed by atoms with van der Waals surface area (Å²) in [6.07, 6.45) is 0. The lowest BCUT2D eigenvalue weighted by atomic mass is 10.1. The van der Waals surface area contributed by atoms with Crippen LogP contribution in [-0.2, 0) is 4.74 Å². The van der Waals surface area contributed by atoms with E-state index < -0.39 is 11.9 Å². The normalized spacial score (nSPS) is 13.6. The molecule has 0 bridgehead atoms. The molecule has 0 unspecified atom stereocenters. The number of nitrogens with one attached hydrogen (secondary N) is 1. The number of hydrogen-bond donors (Lipinski definition) is 2. The largest absolute Gasteiger partial charge is 0.492 e. The summed E-state index contributed by atoms with van der Waals surface area (Å²) in [6.45, 7) is 5.85. The predicted molar refractivity (Wildman–Crippen MR) is 112 cm³/mol. The fourth-order valence-corrected chi connectivity index (χ4v) is 3.25. The van der Waals surface area contributed by atoms with E-state index in [4.69, 9.17) is 9.47 Å². The maximum absolute atomic E-state index is 12.8. The Hall–Kier alpha value is -3.39. The minimum absolute atomic E-state index is 0.0482. The van der Waals surface area contributed by atoms with E-state index in [2.05, 4.69) is 5.32 Å². The first-order valence-corrected chi connectivity index (χ1v) is 9.70. The van der Waals surface area contributed by atoms with Gasteiger partial charge in [-0.1, -0.05) is 0 Å². The summed E-state index contributed by atoms with van der Waals surface area (Å²) in [6, 6.07) is 9.38. The number of carbonyl (C=O) groups is 3. The average Bonchev–Trinajstić information content (AvgIpc) is 2.75. The van der Waals surface area contributed by atoms with Crippen LogP contribution in [0.5, 0.6) is 5.75 Å². The van der Waals surface area contributed by atoms with Crippen LogP contribution in [0.3, 0.4) is 0 Å². The van der Waals surface area contributed by atoms with Crippen molar-refractivity contribution in [3.05, 3.63) is 53.1 Å². The van der Waals surface area contributed by atoms with Crippen molar-refractivity contribution in [1.29, 1.82) is 0 Å². The molecule has 0 saturated carbocycles. The Morgan fingerprint density at radius 2 is 1.80 bits per heavy atom. The van der Waals surface area contributed by atoms with Gasteiger partial charge in [-0.15, -0.1) is 0 Å². The van der Waals surface area contributed by atoms with E-state index in [1.165, 1.54) is 13.0 Å². The second-order valence-corrected chi connectivity index (χ2v) is 6.79. The molecule has 1 heterocycles. The molecule has 1 amide bonds. The maximum atomic E-state index is 12.8. The Balaban J connectivity index is 1.90. The van der Waals surface area contributed by atoms with Crippen LogP contribution in [0, 0.1) is 0 Å². The summed E-state index contributed by atoms with van der Waals surface area (Å²) in [4.78, 5) is 38.3. The molecule has 3 rings (SSSR count). The molecule has 0 spiro atoms. The number of amides is 1. The Labute approximate surface area is 174 Å². The van der Waals surface area contributed by atoms with Crippen molar-refractivity contribution >= 4 is 29.0 Å². The van der Waals surface area contributed by atoms with Gasteiger partial charge in [-0.3, -0.25) is 9.59 Å². The number of nitrogens with zero attached hydrogens (tertiary/aromatic N) is 1. The minimum atomic E-state index is -1.11. The summed E-state index contributed by atoms with van der Waals surface area (Å²) >= 11 is 0. The van der Waals surface area contributed by atoms with Crippen molar-refractivity contribution in [1.82, 2.24) is 0 Å². The molecule has 2 aromatic carbocycles. The molecule has 1 aliphatic heterocycles. The van der Waals surface area contributed by atoms with Crippen LogP contribution in [0.4, 0.5) is 11.4 Å². The summed E-state index contributed by atoms with van der Waals surface area (Å²) < 4.78 is 10.8. The third-order valence-corrected chi connectivity index (χ3v) is 4.78. The summed E-state index contributed by atoms with van der Waals surface area (Å²) in [7, 11) is 0. The van der Waals surface area contributed by atoms with E-state index in [1.807, 2.05) is 11.8 Å². The number of hydrogen-bond acceptors (Lipinski definition) is 6. The molecule has 30 heavy (non-hydrogen) atoms. The van der Waals surface area contributed by atoms with Crippen LogP contribution in [-0.4, -0.2) is 55.7 Å². The topological polar surface area (TPSA) is 105 Å². The summed E-state index contributed by atoms with van der Waals surface area (Å²) in [5.74, 6) is -1.32. The Kier molecular flexibility index (Phi) is 6.68. The molecular formula is C22H24N2O6. The number of ether oxygens (including phenoxy) is 2. The number of Topliss-reactive ketones (excluding diaryl/α,β-unsaturated/α-hetero) is 1. The van der Waals surface area contributed by atoms with E-state index in [-0.39, 0.29) is 16.9 Å². The number of ketones is 1. The van der Waals surface area contributed by atoms with E-state index >= 15 is 0 Å². The van der Waals surface area contributed by atoms with Crippen LogP contribution in [0.15, 0.2) is 36.4 Å². The predicted octanol–water partition coefficient (Wildman–Crippen LogP) is 3.08. The molecular weight excluding hydrogens is 388 g/mol. The van der Waals surface area contributed by atoms with E-state index in [0.29, 0.717) is 55.6 Å². The van der Waals surface area contributed by atoms with Gasteiger partial charge in [-0.05, 0) is 50.2 Å². The number of benzene rings is 2. The van der Waals surface area contributed by atoms with Gasteiger partial charge in [0.05, 0.1) is 36.8 Å². The molecule has 1 aliphatic rings. The molecule has 8 heteroatoms. The van der Waals surface area contributed by atoms with Gasteiger partial charge >= 0.3 is 5.97 Å². The lowest BCUT2D eigenvalue weighted by Gasteiger charge is -2.30. The molecule has 0 aromatic heterocycles. The van der Waals surface area contributed by atoms with Gasteiger partial charge in [0.25, 0.3) is 5.91 Å². The number of carboxylic acids is 1. The van der Waals surface area contributed by atoms with Gasteiger partial charge < -0.3 is 24.8 Å². The zero-order valence-electron chi connectivity index (χ0n) is 16.9. The second kappa shape index (κ2) is 9.41. The van der Waals surface area contributed by atoms with Crippen LogP contribution in [0.1, 0.15) is 44.9 Å². The number of rotatable bonds is 7. The lowest BCUT2D eigenvalue weighted by molar-refractivity contribution is 0.0696. The maximum Gasteiger partial charge on any atom is 0.337 e. The van der Waals surface area contributed by atoms with Crippen LogP contribution in [0.25, 0.3) is 0 Å². The molecule has 0 aliphatic carbocycles. The number of carbonyl (C=O) groups excluding carboxylic acids is 2. The fourth-order valence-electron chi connectivity index (χ4n) is 3.25. The van der Waals surface area contributed by atoms with Crippen molar-refractivity contribution in [3.8, 4) is 5.75 Å². The van der Waals surface area contributed by atoms with Crippen LogP contribution in [0.2, 0.25) is 0 Å². The standard InChI is InChI=1S/C22H24N2O6/c1-3-30-20-7-5-15(14(2)25)13-18(20)23-21(26)16-4-6-19(17(12-16)22(27)28)24-8-10-29-11-9-24/h4-7,12-13H,3,8-11H2,1-2H3,(H,23,26)(H,27,28). The van der Waals surface area contributed by atoms with Gasteiger partial charge in [0.2, 0.25) is 0 Å². The highest BCUT2D eigenvalue weighted by Gasteiger charge is 2.21. The third-order valence-electron chi connectivity index (χ3n) is 4.78. The number of carboxylic acid groups (broad SMARTS) is 1. The quantitative estimate of drug-likeness (QED) is 0.673.